The summed E-state index contributed by atoms with van der Waals surface area (Å²) in [5.74, 6) is 1.44. The molecule has 0 fully saturated rings. The van der Waals surface area contributed by atoms with E-state index >= 15 is 0 Å². The van der Waals surface area contributed by atoms with Gasteiger partial charge in [-0.1, -0.05) is 26.0 Å². The van der Waals surface area contributed by atoms with Gasteiger partial charge in [0.25, 0.3) is 0 Å². The minimum absolute atomic E-state index is 0.231. The quantitative estimate of drug-likeness (QED) is 0.746. The van der Waals surface area contributed by atoms with Crippen molar-refractivity contribution in [3.05, 3.63) is 29.8 Å². The third-order valence-corrected chi connectivity index (χ3v) is 3.02. The first-order chi connectivity index (χ1) is 8.67. The van der Waals surface area contributed by atoms with Gasteiger partial charge >= 0.3 is 0 Å². The molecule has 0 heterocycles. The van der Waals surface area contributed by atoms with Crippen LogP contribution >= 0.6 is 0 Å². The summed E-state index contributed by atoms with van der Waals surface area (Å²) in [5.41, 5.74) is 1.21. The Kier molecular flexibility index (Phi) is 6.76. The Bertz CT molecular complexity index is 339. The van der Waals surface area contributed by atoms with Crippen LogP contribution in [0.25, 0.3) is 0 Å². The minimum atomic E-state index is 0.231. The van der Waals surface area contributed by atoms with Crippen LogP contribution in [0.15, 0.2) is 24.3 Å². The zero-order valence-corrected chi connectivity index (χ0v) is 11.6. The third-order valence-electron chi connectivity index (χ3n) is 3.02. The van der Waals surface area contributed by atoms with Gasteiger partial charge in [0, 0.05) is 19.2 Å². The van der Waals surface area contributed by atoms with E-state index < -0.39 is 0 Å². The second-order valence-corrected chi connectivity index (χ2v) is 4.82. The highest BCUT2D eigenvalue weighted by Gasteiger charge is 2.11. The van der Waals surface area contributed by atoms with Crippen molar-refractivity contribution in [2.75, 3.05) is 13.2 Å². The average Bonchev–Trinajstić information content (AvgIpc) is 2.35. The fourth-order valence-corrected chi connectivity index (χ4v) is 1.97. The number of hydrogen-bond donors (Lipinski definition) is 2. The van der Waals surface area contributed by atoms with Crippen LogP contribution in [0.2, 0.25) is 0 Å². The molecule has 0 aliphatic rings. The lowest BCUT2D eigenvalue weighted by Gasteiger charge is -2.21. The van der Waals surface area contributed by atoms with Crippen LogP contribution in [0, 0.1) is 5.92 Å². The molecule has 1 atom stereocenters. The summed E-state index contributed by atoms with van der Waals surface area (Å²) in [7, 11) is 0. The molecule has 1 rings (SSSR count). The van der Waals surface area contributed by atoms with Gasteiger partial charge in [0.05, 0.1) is 6.61 Å². The SMILES string of the molecule is CCOc1cccc(CNC(CCO)C(C)C)c1. The van der Waals surface area contributed by atoms with Crippen LogP contribution in [-0.4, -0.2) is 24.4 Å². The molecule has 0 saturated heterocycles. The van der Waals surface area contributed by atoms with Crippen molar-refractivity contribution in [3.8, 4) is 5.75 Å². The number of aliphatic hydroxyl groups excluding tert-OH is 1. The predicted octanol–water partition coefficient (Wildman–Crippen LogP) is 2.58. The number of ether oxygens (including phenoxy) is 1. The van der Waals surface area contributed by atoms with Crippen LogP contribution in [-0.2, 0) is 6.54 Å². The fourth-order valence-electron chi connectivity index (χ4n) is 1.97. The first kappa shape index (κ1) is 15.0. The normalized spacial score (nSPS) is 12.7. The molecule has 1 unspecified atom stereocenters. The maximum absolute atomic E-state index is 9.04. The Labute approximate surface area is 110 Å². The standard InChI is InChI=1S/C15H25NO2/c1-4-18-14-7-5-6-13(10-14)11-16-15(8-9-17)12(2)3/h5-7,10,12,15-17H,4,8-9,11H2,1-3H3. The van der Waals surface area contributed by atoms with Crippen LogP contribution < -0.4 is 10.1 Å². The minimum Gasteiger partial charge on any atom is -0.494 e. The second-order valence-electron chi connectivity index (χ2n) is 4.82. The molecule has 0 aliphatic heterocycles. The molecule has 0 amide bonds. The monoisotopic (exact) mass is 251 g/mol. The third kappa shape index (κ3) is 5.07. The smallest absolute Gasteiger partial charge is 0.119 e. The molecule has 0 aliphatic carbocycles. The number of aliphatic hydroxyl groups is 1. The predicted molar refractivity (Wildman–Crippen MR) is 74.8 cm³/mol. The zero-order chi connectivity index (χ0) is 13.4. The van der Waals surface area contributed by atoms with Gasteiger partial charge in [-0.05, 0) is 37.0 Å². The van der Waals surface area contributed by atoms with Gasteiger partial charge in [-0.3, -0.25) is 0 Å². The maximum atomic E-state index is 9.04. The molecular formula is C15H25NO2. The summed E-state index contributed by atoms with van der Waals surface area (Å²) in [6, 6.07) is 8.49. The van der Waals surface area contributed by atoms with Crippen LogP contribution in [0.1, 0.15) is 32.8 Å². The summed E-state index contributed by atoms with van der Waals surface area (Å²) >= 11 is 0. The molecule has 1 aromatic rings. The zero-order valence-electron chi connectivity index (χ0n) is 11.6. The van der Waals surface area contributed by atoms with Gasteiger partial charge in [0.15, 0.2) is 0 Å². The Morgan fingerprint density at radius 2 is 2.11 bits per heavy atom. The van der Waals surface area contributed by atoms with Crippen molar-refractivity contribution in [1.82, 2.24) is 5.32 Å². The van der Waals surface area contributed by atoms with E-state index in [9.17, 15) is 0 Å². The van der Waals surface area contributed by atoms with E-state index in [0.717, 1.165) is 18.7 Å². The highest BCUT2D eigenvalue weighted by Crippen LogP contribution is 2.14. The van der Waals surface area contributed by atoms with Crippen molar-refractivity contribution < 1.29 is 9.84 Å². The molecule has 3 nitrogen and oxygen atoms in total. The Morgan fingerprint density at radius 3 is 2.72 bits per heavy atom. The molecule has 3 heteroatoms. The van der Waals surface area contributed by atoms with Crippen molar-refractivity contribution >= 4 is 0 Å². The largest absolute Gasteiger partial charge is 0.494 e. The second kappa shape index (κ2) is 8.11. The summed E-state index contributed by atoms with van der Waals surface area (Å²) in [6.45, 7) is 8.06. The summed E-state index contributed by atoms with van der Waals surface area (Å²) in [6.07, 6.45) is 0.794. The number of rotatable bonds is 8. The van der Waals surface area contributed by atoms with E-state index in [0.29, 0.717) is 18.6 Å². The van der Waals surface area contributed by atoms with Gasteiger partial charge in [0.1, 0.15) is 5.75 Å². The van der Waals surface area contributed by atoms with Gasteiger partial charge < -0.3 is 15.2 Å². The van der Waals surface area contributed by atoms with E-state index in [2.05, 4.69) is 31.3 Å². The van der Waals surface area contributed by atoms with Crippen LogP contribution in [0.5, 0.6) is 5.75 Å². The topological polar surface area (TPSA) is 41.5 Å². The summed E-state index contributed by atoms with van der Waals surface area (Å²) < 4.78 is 5.48. The first-order valence-corrected chi connectivity index (χ1v) is 6.73. The van der Waals surface area contributed by atoms with Gasteiger partial charge in [0.2, 0.25) is 0 Å². The lowest BCUT2D eigenvalue weighted by atomic mass is 10.0. The summed E-state index contributed by atoms with van der Waals surface area (Å²) in [5, 5.41) is 12.5. The van der Waals surface area contributed by atoms with E-state index in [1.54, 1.807) is 0 Å². The Morgan fingerprint density at radius 1 is 1.33 bits per heavy atom. The van der Waals surface area contributed by atoms with Crippen LogP contribution in [0.4, 0.5) is 0 Å². The molecule has 0 radical (unpaired) electrons. The molecule has 0 saturated carbocycles. The maximum Gasteiger partial charge on any atom is 0.119 e. The lowest BCUT2D eigenvalue weighted by molar-refractivity contribution is 0.244. The highest BCUT2D eigenvalue weighted by atomic mass is 16.5. The molecule has 2 N–H and O–H groups in total. The van der Waals surface area contributed by atoms with E-state index in [1.807, 2.05) is 19.1 Å². The highest BCUT2D eigenvalue weighted by molar-refractivity contribution is 5.28. The van der Waals surface area contributed by atoms with E-state index in [-0.39, 0.29) is 6.61 Å². The van der Waals surface area contributed by atoms with Gasteiger partial charge in [-0.15, -0.1) is 0 Å². The molecule has 0 aromatic heterocycles. The first-order valence-electron chi connectivity index (χ1n) is 6.73. The van der Waals surface area contributed by atoms with Crippen LogP contribution in [0.3, 0.4) is 0 Å². The van der Waals surface area contributed by atoms with Crippen molar-refractivity contribution in [1.29, 1.82) is 0 Å². The van der Waals surface area contributed by atoms with Crippen molar-refractivity contribution in [3.63, 3.8) is 0 Å². The van der Waals surface area contributed by atoms with E-state index in [4.69, 9.17) is 9.84 Å². The number of hydrogen-bond acceptors (Lipinski definition) is 3. The molecular weight excluding hydrogens is 226 g/mol. The fraction of sp³-hybridized carbons (Fsp3) is 0.600. The molecule has 18 heavy (non-hydrogen) atoms. The number of benzene rings is 1. The number of nitrogens with one attached hydrogen (secondary N) is 1. The average molecular weight is 251 g/mol. The Balaban J connectivity index is 2.53. The molecule has 102 valence electrons. The summed E-state index contributed by atoms with van der Waals surface area (Å²) in [4.78, 5) is 0. The van der Waals surface area contributed by atoms with E-state index in [1.165, 1.54) is 5.56 Å². The Hall–Kier alpha value is -1.06. The van der Waals surface area contributed by atoms with Crippen molar-refractivity contribution in [2.24, 2.45) is 5.92 Å². The van der Waals surface area contributed by atoms with Gasteiger partial charge in [-0.25, -0.2) is 0 Å². The molecule has 0 bridgehead atoms. The molecule has 0 spiro atoms. The van der Waals surface area contributed by atoms with Crippen molar-refractivity contribution in [2.45, 2.75) is 39.8 Å². The lowest BCUT2D eigenvalue weighted by Crippen LogP contribution is -2.34. The molecule has 1 aromatic carbocycles. The van der Waals surface area contributed by atoms with Gasteiger partial charge in [-0.2, -0.15) is 0 Å².